The van der Waals surface area contributed by atoms with Crippen LogP contribution in [0.3, 0.4) is 0 Å². The number of nitrogens with one attached hydrogen (secondary N) is 1. The van der Waals surface area contributed by atoms with Crippen LogP contribution in [0.4, 0.5) is 13.2 Å². The molecule has 4 heteroatoms. The predicted octanol–water partition coefficient (Wildman–Crippen LogP) is 3.19. The van der Waals surface area contributed by atoms with Crippen molar-refractivity contribution >= 4 is 0 Å². The fourth-order valence-electron chi connectivity index (χ4n) is 2.71. The summed E-state index contributed by atoms with van der Waals surface area (Å²) in [6.45, 7) is 1.32. The number of hydrogen-bond donors (Lipinski definition) is 1. The molecule has 1 fully saturated rings. The van der Waals surface area contributed by atoms with E-state index in [4.69, 9.17) is 0 Å². The van der Waals surface area contributed by atoms with Crippen LogP contribution in [0.25, 0.3) is 0 Å². The highest BCUT2D eigenvalue weighted by Gasteiger charge is 2.39. The minimum absolute atomic E-state index is 0.298. The number of rotatable bonds is 3. The van der Waals surface area contributed by atoms with Gasteiger partial charge in [-0.3, -0.25) is 0 Å². The van der Waals surface area contributed by atoms with E-state index >= 15 is 0 Å². The van der Waals surface area contributed by atoms with Gasteiger partial charge >= 0.3 is 0 Å². The van der Waals surface area contributed by atoms with Crippen molar-refractivity contribution in [1.82, 2.24) is 5.32 Å². The number of benzene rings is 2. The third-order valence-corrected chi connectivity index (χ3v) is 3.91. The van der Waals surface area contributed by atoms with Gasteiger partial charge < -0.3 is 5.32 Å². The molecule has 2 aromatic rings. The maximum absolute atomic E-state index is 13.8. The van der Waals surface area contributed by atoms with E-state index in [0.717, 1.165) is 11.6 Å². The van der Waals surface area contributed by atoms with Crippen LogP contribution in [0.2, 0.25) is 0 Å². The molecule has 0 aromatic heterocycles. The molecule has 0 bridgehead atoms. The summed E-state index contributed by atoms with van der Waals surface area (Å²) >= 11 is 0. The van der Waals surface area contributed by atoms with Crippen molar-refractivity contribution in [2.45, 2.75) is 11.8 Å². The van der Waals surface area contributed by atoms with Crippen LogP contribution < -0.4 is 5.32 Å². The van der Waals surface area contributed by atoms with Crippen molar-refractivity contribution in [2.75, 3.05) is 13.1 Å². The van der Waals surface area contributed by atoms with Crippen LogP contribution in [-0.4, -0.2) is 13.1 Å². The molecule has 0 aliphatic carbocycles. The maximum atomic E-state index is 13.8. The summed E-state index contributed by atoms with van der Waals surface area (Å²) < 4.78 is 40.1. The average Bonchev–Trinajstić information content (AvgIpc) is 2.36. The number of halogens is 3. The monoisotopic (exact) mass is 277 g/mol. The molecule has 1 aliphatic heterocycles. The van der Waals surface area contributed by atoms with Gasteiger partial charge in [-0.25, -0.2) is 13.2 Å². The molecule has 104 valence electrons. The Morgan fingerprint density at radius 2 is 1.70 bits per heavy atom. The first-order valence-corrected chi connectivity index (χ1v) is 6.50. The molecular formula is C16H14F3N. The minimum atomic E-state index is -0.585. The van der Waals surface area contributed by atoms with E-state index in [0.29, 0.717) is 25.1 Å². The Hall–Kier alpha value is -1.81. The van der Waals surface area contributed by atoms with Gasteiger partial charge in [-0.2, -0.15) is 0 Å². The van der Waals surface area contributed by atoms with Crippen molar-refractivity contribution in [3.05, 3.63) is 71.0 Å². The van der Waals surface area contributed by atoms with Gasteiger partial charge in [0.15, 0.2) is 0 Å². The molecule has 1 N–H and O–H groups in total. The molecule has 1 nitrogen and oxygen atoms in total. The molecule has 0 atom stereocenters. The lowest BCUT2D eigenvalue weighted by Crippen LogP contribution is -2.58. The zero-order valence-corrected chi connectivity index (χ0v) is 10.8. The Morgan fingerprint density at radius 3 is 2.30 bits per heavy atom. The summed E-state index contributed by atoms with van der Waals surface area (Å²) in [5.74, 6) is -1.43. The summed E-state index contributed by atoms with van der Waals surface area (Å²) in [6.07, 6.45) is 0.426. The molecule has 0 saturated carbocycles. The van der Waals surface area contributed by atoms with Gasteiger partial charge in [0.2, 0.25) is 0 Å². The Balaban J connectivity index is 1.94. The van der Waals surface area contributed by atoms with Crippen molar-refractivity contribution in [3.8, 4) is 0 Å². The second-order valence-corrected chi connectivity index (χ2v) is 5.31. The fourth-order valence-corrected chi connectivity index (χ4v) is 2.71. The van der Waals surface area contributed by atoms with Crippen LogP contribution in [-0.2, 0) is 11.8 Å². The smallest absolute Gasteiger partial charge is 0.129 e. The Kier molecular flexibility index (Phi) is 3.26. The van der Waals surface area contributed by atoms with E-state index in [2.05, 4.69) is 5.32 Å². The maximum Gasteiger partial charge on any atom is 0.129 e. The molecule has 0 radical (unpaired) electrons. The summed E-state index contributed by atoms with van der Waals surface area (Å²) in [5.41, 5.74) is 0.984. The van der Waals surface area contributed by atoms with Crippen molar-refractivity contribution in [1.29, 1.82) is 0 Å². The molecule has 2 aromatic carbocycles. The predicted molar refractivity (Wildman–Crippen MR) is 71.0 cm³/mol. The van der Waals surface area contributed by atoms with Gasteiger partial charge in [0.05, 0.1) is 0 Å². The summed E-state index contributed by atoms with van der Waals surface area (Å²) in [5, 5.41) is 3.15. The van der Waals surface area contributed by atoms with E-state index in [1.165, 1.54) is 24.3 Å². The average molecular weight is 277 g/mol. The summed E-state index contributed by atoms with van der Waals surface area (Å²) in [6, 6.07) is 10.00. The molecule has 1 aliphatic rings. The highest BCUT2D eigenvalue weighted by Crippen LogP contribution is 2.33. The highest BCUT2D eigenvalue weighted by atomic mass is 19.1. The first-order chi connectivity index (χ1) is 9.59. The molecule has 0 unspecified atom stereocenters. The Bertz CT molecular complexity index is 635. The van der Waals surface area contributed by atoms with Gasteiger partial charge in [-0.1, -0.05) is 18.2 Å². The van der Waals surface area contributed by atoms with Crippen LogP contribution in [0.1, 0.15) is 11.1 Å². The van der Waals surface area contributed by atoms with Crippen LogP contribution in [0.5, 0.6) is 0 Å². The minimum Gasteiger partial charge on any atom is -0.315 e. The van der Waals surface area contributed by atoms with Gasteiger partial charge in [-0.15, -0.1) is 0 Å². The summed E-state index contributed by atoms with van der Waals surface area (Å²) in [4.78, 5) is 0. The van der Waals surface area contributed by atoms with Crippen LogP contribution in [0, 0.1) is 17.5 Å². The highest BCUT2D eigenvalue weighted by molar-refractivity contribution is 5.34. The zero-order valence-electron chi connectivity index (χ0n) is 10.8. The first kappa shape index (κ1) is 13.2. The topological polar surface area (TPSA) is 12.0 Å². The van der Waals surface area contributed by atoms with E-state index in [1.54, 1.807) is 6.07 Å². The number of hydrogen-bond acceptors (Lipinski definition) is 1. The normalized spacial score (nSPS) is 16.8. The molecule has 1 saturated heterocycles. The van der Waals surface area contributed by atoms with Crippen LogP contribution in [0.15, 0.2) is 42.5 Å². The summed E-state index contributed by atoms with van der Waals surface area (Å²) in [7, 11) is 0. The molecule has 0 amide bonds. The molecule has 0 spiro atoms. The second-order valence-electron chi connectivity index (χ2n) is 5.31. The Labute approximate surface area is 115 Å². The third-order valence-electron chi connectivity index (χ3n) is 3.91. The van der Waals surface area contributed by atoms with Crippen LogP contribution >= 0.6 is 0 Å². The quantitative estimate of drug-likeness (QED) is 0.908. The SMILES string of the molecule is Fc1cccc(C2(Cc3ccc(F)cc3F)CNC2)c1. The van der Waals surface area contributed by atoms with Crippen molar-refractivity contribution < 1.29 is 13.2 Å². The van der Waals surface area contributed by atoms with Gasteiger partial charge in [0.1, 0.15) is 17.5 Å². The third kappa shape index (κ3) is 2.31. The van der Waals surface area contributed by atoms with Gasteiger partial charge in [0, 0.05) is 24.6 Å². The van der Waals surface area contributed by atoms with E-state index in [9.17, 15) is 13.2 Å². The lowest BCUT2D eigenvalue weighted by atomic mass is 9.71. The first-order valence-electron chi connectivity index (χ1n) is 6.50. The zero-order chi connectivity index (χ0) is 14.2. The van der Waals surface area contributed by atoms with Gasteiger partial charge in [0.25, 0.3) is 0 Å². The van der Waals surface area contributed by atoms with Crippen molar-refractivity contribution in [3.63, 3.8) is 0 Å². The molecule has 20 heavy (non-hydrogen) atoms. The lowest BCUT2D eigenvalue weighted by Gasteiger charge is -2.43. The van der Waals surface area contributed by atoms with Crippen molar-refractivity contribution in [2.24, 2.45) is 0 Å². The van der Waals surface area contributed by atoms with E-state index in [-0.39, 0.29) is 11.2 Å². The molecular weight excluding hydrogens is 263 g/mol. The largest absolute Gasteiger partial charge is 0.315 e. The lowest BCUT2D eigenvalue weighted by molar-refractivity contribution is 0.271. The molecule has 1 heterocycles. The second kappa shape index (κ2) is 4.94. The van der Waals surface area contributed by atoms with Gasteiger partial charge in [-0.05, 0) is 35.7 Å². The molecule has 3 rings (SSSR count). The Morgan fingerprint density at radius 1 is 0.950 bits per heavy atom. The fraction of sp³-hybridized carbons (Fsp3) is 0.250. The van der Waals surface area contributed by atoms with E-state index < -0.39 is 11.6 Å². The standard InChI is InChI=1S/C16H14F3N/c17-13-3-1-2-12(6-13)16(9-20-10-16)8-11-4-5-14(18)7-15(11)19/h1-7,20H,8-10H2. The van der Waals surface area contributed by atoms with E-state index in [1.807, 2.05) is 6.07 Å².